The molecular weight excluding hydrogens is 321 g/mol. The van der Waals surface area contributed by atoms with Crippen molar-refractivity contribution in [3.05, 3.63) is 59.4 Å². The molecule has 4 nitrogen and oxygen atoms in total. The maximum Gasteiger partial charge on any atom is 0.166 e. The Kier molecular flexibility index (Phi) is 6.25. The molecule has 1 fully saturated rings. The lowest BCUT2D eigenvalue weighted by Crippen LogP contribution is -2.26. The monoisotopic (exact) mass is 345 g/mol. The summed E-state index contributed by atoms with van der Waals surface area (Å²) >= 11 is 0. The number of halogens is 1. The molecule has 25 heavy (non-hydrogen) atoms. The van der Waals surface area contributed by atoms with Crippen molar-refractivity contribution in [2.75, 3.05) is 20.3 Å². The van der Waals surface area contributed by atoms with E-state index in [2.05, 4.69) is 5.32 Å². The Morgan fingerprint density at radius 2 is 2.04 bits per heavy atom. The van der Waals surface area contributed by atoms with Gasteiger partial charge in [0, 0.05) is 25.3 Å². The summed E-state index contributed by atoms with van der Waals surface area (Å²) in [5.41, 5.74) is 1.94. The zero-order valence-electron chi connectivity index (χ0n) is 14.5. The van der Waals surface area contributed by atoms with Crippen LogP contribution in [0.5, 0.6) is 11.5 Å². The average Bonchev–Trinajstić information content (AvgIpc) is 3.15. The lowest BCUT2D eigenvalue weighted by molar-refractivity contribution is 0.110. The van der Waals surface area contributed by atoms with Crippen molar-refractivity contribution in [1.29, 1.82) is 0 Å². The van der Waals surface area contributed by atoms with E-state index in [9.17, 15) is 4.39 Å². The average molecular weight is 345 g/mol. The van der Waals surface area contributed by atoms with Crippen molar-refractivity contribution in [3.63, 3.8) is 0 Å². The van der Waals surface area contributed by atoms with Gasteiger partial charge in [0.25, 0.3) is 0 Å². The third-order valence-electron chi connectivity index (χ3n) is 4.29. The van der Waals surface area contributed by atoms with Crippen molar-refractivity contribution in [2.24, 2.45) is 0 Å². The molecule has 1 aliphatic heterocycles. The Hall–Kier alpha value is -2.11. The minimum Gasteiger partial charge on any atom is -0.493 e. The highest BCUT2D eigenvalue weighted by molar-refractivity contribution is 5.46. The Morgan fingerprint density at radius 3 is 2.76 bits per heavy atom. The van der Waals surface area contributed by atoms with Crippen LogP contribution in [0.3, 0.4) is 0 Å². The van der Waals surface area contributed by atoms with E-state index in [-0.39, 0.29) is 5.82 Å². The van der Waals surface area contributed by atoms with Crippen LogP contribution in [0, 0.1) is 5.82 Å². The topological polar surface area (TPSA) is 39.7 Å². The maximum atomic E-state index is 13.0. The molecule has 2 aromatic rings. The fourth-order valence-electron chi connectivity index (χ4n) is 2.93. The van der Waals surface area contributed by atoms with Crippen molar-refractivity contribution >= 4 is 0 Å². The van der Waals surface area contributed by atoms with E-state index in [1.807, 2.05) is 18.2 Å². The summed E-state index contributed by atoms with van der Waals surface area (Å²) < 4.78 is 30.1. The molecule has 1 N–H and O–H groups in total. The Balaban J connectivity index is 1.64. The van der Waals surface area contributed by atoms with Crippen LogP contribution in [-0.4, -0.2) is 26.4 Å². The van der Waals surface area contributed by atoms with Gasteiger partial charge in [-0.05, 0) is 36.6 Å². The van der Waals surface area contributed by atoms with Crippen LogP contribution < -0.4 is 14.8 Å². The highest BCUT2D eigenvalue weighted by Crippen LogP contribution is 2.32. The van der Waals surface area contributed by atoms with E-state index in [0.717, 1.165) is 37.1 Å². The van der Waals surface area contributed by atoms with Crippen LogP contribution in [0.25, 0.3) is 0 Å². The lowest BCUT2D eigenvalue weighted by atomic mass is 10.1. The third-order valence-corrected chi connectivity index (χ3v) is 4.29. The zero-order valence-corrected chi connectivity index (χ0v) is 14.5. The van der Waals surface area contributed by atoms with Crippen LogP contribution in [-0.2, 0) is 17.9 Å². The van der Waals surface area contributed by atoms with Crippen LogP contribution in [0.15, 0.2) is 42.5 Å². The lowest BCUT2D eigenvalue weighted by Gasteiger charge is -2.16. The number of rotatable bonds is 8. The number of para-hydroxylation sites is 1. The third kappa shape index (κ3) is 4.94. The minimum atomic E-state index is -0.250. The van der Waals surface area contributed by atoms with E-state index >= 15 is 0 Å². The van der Waals surface area contributed by atoms with E-state index in [4.69, 9.17) is 14.2 Å². The molecule has 0 aliphatic carbocycles. The molecule has 1 atom stereocenters. The molecule has 0 radical (unpaired) electrons. The minimum absolute atomic E-state index is 0.250. The zero-order chi connectivity index (χ0) is 17.5. The number of benzene rings is 2. The molecule has 1 heterocycles. The molecule has 2 aromatic carbocycles. The molecule has 0 bridgehead atoms. The molecule has 1 saturated heterocycles. The first kappa shape index (κ1) is 17.7. The molecular formula is C20H24FNO3. The number of methoxy groups -OCH3 is 1. The van der Waals surface area contributed by atoms with Crippen molar-refractivity contribution in [1.82, 2.24) is 5.32 Å². The van der Waals surface area contributed by atoms with Gasteiger partial charge in [0.05, 0.1) is 13.2 Å². The first-order chi connectivity index (χ1) is 12.3. The second kappa shape index (κ2) is 8.83. The van der Waals surface area contributed by atoms with E-state index in [1.165, 1.54) is 12.1 Å². The number of hydrogen-bond acceptors (Lipinski definition) is 4. The van der Waals surface area contributed by atoms with E-state index in [1.54, 1.807) is 19.2 Å². The van der Waals surface area contributed by atoms with Gasteiger partial charge in [-0.15, -0.1) is 0 Å². The van der Waals surface area contributed by atoms with Crippen molar-refractivity contribution in [2.45, 2.75) is 32.1 Å². The van der Waals surface area contributed by atoms with E-state index in [0.29, 0.717) is 30.8 Å². The van der Waals surface area contributed by atoms with Gasteiger partial charge in [0.1, 0.15) is 12.4 Å². The van der Waals surface area contributed by atoms with E-state index < -0.39 is 0 Å². The van der Waals surface area contributed by atoms with Gasteiger partial charge in [0.2, 0.25) is 0 Å². The van der Waals surface area contributed by atoms with Crippen LogP contribution in [0.2, 0.25) is 0 Å². The summed E-state index contributed by atoms with van der Waals surface area (Å²) in [5, 5.41) is 3.43. The molecule has 0 unspecified atom stereocenters. The SMILES string of the molecule is COc1cccc(CNC[C@H]2CCCO2)c1OCc1ccc(F)cc1. The van der Waals surface area contributed by atoms with Gasteiger partial charge in [-0.2, -0.15) is 0 Å². The molecule has 134 valence electrons. The fourth-order valence-corrected chi connectivity index (χ4v) is 2.93. The smallest absolute Gasteiger partial charge is 0.166 e. The molecule has 5 heteroatoms. The summed E-state index contributed by atoms with van der Waals surface area (Å²) in [6.45, 7) is 2.72. The standard InChI is InChI=1S/C20H24FNO3/c1-23-19-6-2-4-16(12-22-13-18-5-3-11-24-18)20(19)25-14-15-7-9-17(21)10-8-15/h2,4,6-10,18,22H,3,5,11-14H2,1H3/t18-/m1/s1. The molecule has 0 amide bonds. The van der Waals surface area contributed by atoms with Gasteiger partial charge in [-0.25, -0.2) is 4.39 Å². The van der Waals surface area contributed by atoms with Crippen molar-refractivity contribution in [3.8, 4) is 11.5 Å². The Bertz CT molecular complexity index is 669. The fraction of sp³-hybridized carbons (Fsp3) is 0.400. The summed E-state index contributed by atoms with van der Waals surface area (Å²) in [7, 11) is 1.63. The van der Waals surface area contributed by atoms with Crippen LogP contribution >= 0.6 is 0 Å². The molecule has 0 aromatic heterocycles. The summed E-state index contributed by atoms with van der Waals surface area (Å²) in [4.78, 5) is 0. The second-order valence-electron chi connectivity index (χ2n) is 6.13. The maximum absolute atomic E-state index is 13.0. The Labute approximate surface area is 147 Å². The number of ether oxygens (including phenoxy) is 3. The molecule has 0 spiro atoms. The summed E-state index contributed by atoms with van der Waals surface area (Å²) in [6, 6.07) is 12.2. The first-order valence-corrected chi connectivity index (χ1v) is 8.61. The second-order valence-corrected chi connectivity index (χ2v) is 6.13. The Morgan fingerprint density at radius 1 is 1.20 bits per heavy atom. The van der Waals surface area contributed by atoms with Crippen LogP contribution in [0.1, 0.15) is 24.0 Å². The first-order valence-electron chi connectivity index (χ1n) is 8.61. The summed E-state index contributed by atoms with van der Waals surface area (Å²) in [5.74, 6) is 1.16. The largest absolute Gasteiger partial charge is 0.493 e. The predicted octanol–water partition coefficient (Wildman–Crippen LogP) is 3.68. The van der Waals surface area contributed by atoms with Gasteiger partial charge in [0.15, 0.2) is 11.5 Å². The normalized spacial score (nSPS) is 16.8. The van der Waals surface area contributed by atoms with Gasteiger partial charge in [-0.3, -0.25) is 0 Å². The van der Waals surface area contributed by atoms with Crippen molar-refractivity contribution < 1.29 is 18.6 Å². The van der Waals surface area contributed by atoms with Gasteiger partial charge in [-0.1, -0.05) is 24.3 Å². The predicted molar refractivity (Wildman–Crippen MR) is 94.4 cm³/mol. The highest BCUT2D eigenvalue weighted by Gasteiger charge is 2.16. The summed E-state index contributed by atoms with van der Waals surface area (Å²) in [6.07, 6.45) is 2.55. The number of hydrogen-bond donors (Lipinski definition) is 1. The van der Waals surface area contributed by atoms with Gasteiger partial charge < -0.3 is 19.5 Å². The van der Waals surface area contributed by atoms with Crippen LogP contribution in [0.4, 0.5) is 4.39 Å². The van der Waals surface area contributed by atoms with Gasteiger partial charge >= 0.3 is 0 Å². The number of nitrogens with one attached hydrogen (secondary N) is 1. The highest BCUT2D eigenvalue weighted by atomic mass is 19.1. The molecule has 0 saturated carbocycles. The molecule has 3 rings (SSSR count). The molecule has 1 aliphatic rings. The quantitative estimate of drug-likeness (QED) is 0.792.